The zero-order valence-corrected chi connectivity index (χ0v) is 15.8. The quantitative estimate of drug-likeness (QED) is 0.842. The van der Waals surface area contributed by atoms with Crippen LogP contribution in [0, 0.1) is 0 Å². The molecule has 26 heavy (non-hydrogen) atoms. The fourth-order valence-corrected chi connectivity index (χ4v) is 3.13. The van der Waals surface area contributed by atoms with E-state index in [0.717, 1.165) is 25.1 Å². The average molecular weight is 375 g/mol. The van der Waals surface area contributed by atoms with Crippen molar-refractivity contribution < 1.29 is 14.3 Å². The van der Waals surface area contributed by atoms with Gasteiger partial charge < -0.3 is 19.7 Å². The van der Waals surface area contributed by atoms with Crippen LogP contribution in [0.3, 0.4) is 0 Å². The first-order valence-corrected chi connectivity index (χ1v) is 8.99. The second-order valence-electron chi connectivity index (χ2n) is 6.34. The summed E-state index contributed by atoms with van der Waals surface area (Å²) in [5.74, 6) is 1.13. The standard InChI is InChI=1S/C20H23ClN2O3/c1-23(17-9-10-22-12-17)20(24)15-5-8-18(19(11-15)25-2)26-13-14-3-6-16(21)7-4-14/h3-8,11,17,22H,9-10,12-13H2,1-2H3. The second kappa shape index (κ2) is 8.43. The molecule has 5 nitrogen and oxygen atoms in total. The van der Waals surface area contributed by atoms with Crippen molar-refractivity contribution in [1.82, 2.24) is 10.2 Å². The third-order valence-corrected chi connectivity index (χ3v) is 4.87. The van der Waals surface area contributed by atoms with Gasteiger partial charge >= 0.3 is 0 Å². The van der Waals surface area contributed by atoms with Crippen molar-refractivity contribution >= 4 is 17.5 Å². The molecule has 6 heteroatoms. The molecular weight excluding hydrogens is 352 g/mol. The first kappa shape index (κ1) is 18.5. The first-order valence-electron chi connectivity index (χ1n) is 8.61. The highest BCUT2D eigenvalue weighted by Gasteiger charge is 2.24. The van der Waals surface area contributed by atoms with Crippen LogP contribution in [0.4, 0.5) is 0 Å². The molecule has 2 aromatic rings. The summed E-state index contributed by atoms with van der Waals surface area (Å²) in [6, 6.07) is 13.0. The molecule has 1 aliphatic rings. The molecule has 3 rings (SSSR count). The lowest BCUT2D eigenvalue weighted by Crippen LogP contribution is -2.38. The molecule has 0 saturated carbocycles. The molecule has 0 spiro atoms. The highest BCUT2D eigenvalue weighted by molar-refractivity contribution is 6.30. The lowest BCUT2D eigenvalue weighted by atomic mass is 10.1. The number of nitrogens with zero attached hydrogens (tertiary/aromatic N) is 1. The van der Waals surface area contributed by atoms with Gasteiger partial charge in [0.2, 0.25) is 0 Å². The van der Waals surface area contributed by atoms with E-state index in [9.17, 15) is 4.79 Å². The van der Waals surface area contributed by atoms with E-state index in [1.54, 1.807) is 30.2 Å². The van der Waals surface area contributed by atoms with Crippen LogP contribution in [0.1, 0.15) is 22.3 Å². The topological polar surface area (TPSA) is 50.8 Å². The van der Waals surface area contributed by atoms with Crippen molar-refractivity contribution in [2.24, 2.45) is 0 Å². The van der Waals surface area contributed by atoms with E-state index in [-0.39, 0.29) is 11.9 Å². The summed E-state index contributed by atoms with van der Waals surface area (Å²) in [7, 11) is 3.42. The van der Waals surface area contributed by atoms with Crippen molar-refractivity contribution in [2.75, 3.05) is 27.2 Å². The van der Waals surface area contributed by atoms with Crippen molar-refractivity contribution in [1.29, 1.82) is 0 Å². The van der Waals surface area contributed by atoms with Crippen LogP contribution in [0.2, 0.25) is 5.02 Å². The third-order valence-electron chi connectivity index (χ3n) is 4.62. The number of nitrogens with one attached hydrogen (secondary N) is 1. The smallest absolute Gasteiger partial charge is 0.254 e. The minimum absolute atomic E-state index is 0.0127. The van der Waals surface area contributed by atoms with Crippen LogP contribution < -0.4 is 14.8 Å². The molecule has 1 amide bonds. The first-order chi connectivity index (χ1) is 12.6. The molecule has 0 aliphatic carbocycles. The number of carbonyl (C=O) groups excluding carboxylic acids is 1. The Hall–Kier alpha value is -2.24. The number of amides is 1. The Morgan fingerprint density at radius 3 is 2.65 bits per heavy atom. The highest BCUT2D eigenvalue weighted by atomic mass is 35.5. The van der Waals surface area contributed by atoms with E-state index < -0.39 is 0 Å². The van der Waals surface area contributed by atoms with E-state index in [1.165, 1.54) is 0 Å². The van der Waals surface area contributed by atoms with Crippen molar-refractivity contribution in [3.63, 3.8) is 0 Å². The number of methoxy groups -OCH3 is 1. The Morgan fingerprint density at radius 2 is 2.00 bits per heavy atom. The molecule has 0 bridgehead atoms. The van der Waals surface area contributed by atoms with Crippen LogP contribution in [-0.2, 0) is 6.61 Å². The van der Waals surface area contributed by atoms with Gasteiger partial charge in [-0.3, -0.25) is 4.79 Å². The molecule has 0 aromatic heterocycles. The summed E-state index contributed by atoms with van der Waals surface area (Å²) in [5.41, 5.74) is 1.60. The van der Waals surface area contributed by atoms with E-state index in [1.807, 2.05) is 31.3 Å². The maximum Gasteiger partial charge on any atom is 0.254 e. The molecule has 1 N–H and O–H groups in total. The van der Waals surface area contributed by atoms with Crippen molar-refractivity contribution in [2.45, 2.75) is 19.1 Å². The van der Waals surface area contributed by atoms with Gasteiger partial charge in [-0.05, 0) is 48.9 Å². The molecular formula is C20H23ClN2O3. The van der Waals surface area contributed by atoms with Gasteiger partial charge in [0.15, 0.2) is 11.5 Å². The zero-order chi connectivity index (χ0) is 18.5. The predicted molar refractivity (Wildman–Crippen MR) is 102 cm³/mol. The Balaban J connectivity index is 1.70. The van der Waals surface area contributed by atoms with Gasteiger partial charge in [-0.1, -0.05) is 23.7 Å². The number of rotatable bonds is 6. The highest BCUT2D eigenvalue weighted by Crippen LogP contribution is 2.29. The van der Waals surface area contributed by atoms with Crippen molar-refractivity contribution in [3.8, 4) is 11.5 Å². The lowest BCUT2D eigenvalue weighted by molar-refractivity contribution is 0.0743. The Kier molecular flexibility index (Phi) is 6.01. The third kappa shape index (κ3) is 4.29. The van der Waals surface area contributed by atoms with Crippen LogP contribution in [0.5, 0.6) is 11.5 Å². The maximum absolute atomic E-state index is 12.7. The monoisotopic (exact) mass is 374 g/mol. The maximum atomic E-state index is 12.7. The predicted octanol–water partition coefficient (Wildman–Crippen LogP) is 3.36. The van der Waals surface area contributed by atoms with E-state index in [4.69, 9.17) is 21.1 Å². The van der Waals surface area contributed by atoms with Gasteiger partial charge in [-0.25, -0.2) is 0 Å². The van der Waals surface area contributed by atoms with Crippen LogP contribution in [0.15, 0.2) is 42.5 Å². The van der Waals surface area contributed by atoms with Gasteiger partial charge in [0.05, 0.1) is 7.11 Å². The van der Waals surface area contributed by atoms with Gasteiger partial charge in [-0.2, -0.15) is 0 Å². The molecule has 1 unspecified atom stereocenters. The SMILES string of the molecule is COc1cc(C(=O)N(C)C2CCNC2)ccc1OCc1ccc(Cl)cc1. The van der Waals surface area contributed by atoms with Crippen LogP contribution in [0.25, 0.3) is 0 Å². The van der Waals surface area contributed by atoms with Crippen LogP contribution in [-0.4, -0.2) is 44.1 Å². The van der Waals surface area contributed by atoms with E-state index >= 15 is 0 Å². The fourth-order valence-electron chi connectivity index (χ4n) is 3.00. The van der Waals surface area contributed by atoms with Gasteiger partial charge in [0.1, 0.15) is 6.61 Å². The molecule has 1 heterocycles. The number of likely N-dealkylation sites (N-methyl/N-ethyl adjacent to an activating group) is 1. The van der Waals surface area contributed by atoms with Gasteiger partial charge in [0.25, 0.3) is 5.91 Å². The molecule has 138 valence electrons. The van der Waals surface area contributed by atoms with E-state index in [0.29, 0.717) is 28.7 Å². The number of hydrogen-bond acceptors (Lipinski definition) is 4. The lowest BCUT2D eigenvalue weighted by Gasteiger charge is -2.24. The number of halogens is 1. The number of ether oxygens (including phenoxy) is 2. The van der Waals surface area contributed by atoms with Gasteiger partial charge in [-0.15, -0.1) is 0 Å². The van der Waals surface area contributed by atoms with Crippen molar-refractivity contribution in [3.05, 3.63) is 58.6 Å². The normalized spacial score (nSPS) is 16.3. The van der Waals surface area contributed by atoms with Gasteiger partial charge in [0, 0.05) is 30.2 Å². The molecule has 0 radical (unpaired) electrons. The molecule has 1 atom stereocenters. The molecule has 2 aromatic carbocycles. The summed E-state index contributed by atoms with van der Waals surface area (Å²) < 4.78 is 11.3. The Labute approximate surface area is 158 Å². The Bertz CT molecular complexity index is 758. The summed E-state index contributed by atoms with van der Waals surface area (Å²) in [6.45, 7) is 2.18. The average Bonchev–Trinajstić information content (AvgIpc) is 3.21. The summed E-state index contributed by atoms with van der Waals surface area (Å²) in [4.78, 5) is 14.5. The number of carbonyl (C=O) groups is 1. The largest absolute Gasteiger partial charge is 0.493 e. The summed E-state index contributed by atoms with van der Waals surface area (Å²) in [6.07, 6.45) is 0.974. The summed E-state index contributed by atoms with van der Waals surface area (Å²) in [5, 5.41) is 3.97. The van der Waals surface area contributed by atoms with E-state index in [2.05, 4.69) is 5.32 Å². The minimum atomic E-state index is -0.0127. The minimum Gasteiger partial charge on any atom is -0.493 e. The summed E-state index contributed by atoms with van der Waals surface area (Å²) >= 11 is 5.90. The molecule has 1 fully saturated rings. The number of benzene rings is 2. The zero-order valence-electron chi connectivity index (χ0n) is 15.0. The molecule has 1 aliphatic heterocycles. The van der Waals surface area contributed by atoms with Crippen LogP contribution >= 0.6 is 11.6 Å². The Morgan fingerprint density at radius 1 is 1.23 bits per heavy atom. The number of hydrogen-bond donors (Lipinski definition) is 1. The fraction of sp³-hybridized carbons (Fsp3) is 0.350. The second-order valence-corrected chi connectivity index (χ2v) is 6.78. The molecule has 1 saturated heterocycles.